The van der Waals surface area contributed by atoms with Crippen molar-refractivity contribution < 1.29 is 33.7 Å². The summed E-state index contributed by atoms with van der Waals surface area (Å²) in [7, 11) is 0. The number of aliphatic hydroxyl groups is 1. The first-order valence-corrected chi connectivity index (χ1v) is 8.78. The molecule has 8 heteroatoms. The molecule has 1 aromatic rings. The smallest absolute Gasteiger partial charge is 0.413 e. The standard InChI is InChI=1S/C19H25NO7/c1-5-25-17(23)15(22)12-6-8-13(9-7-12)26-16-14(21)10-11-20(16)18(24)27-19(2,3)4/h6-9,14,16,21H,5,10-11H2,1-4H3/t14-,16?/m0/s1. The van der Waals surface area contributed by atoms with Gasteiger partial charge in [-0.15, -0.1) is 0 Å². The van der Waals surface area contributed by atoms with Crippen LogP contribution < -0.4 is 4.74 Å². The molecule has 1 fully saturated rings. The van der Waals surface area contributed by atoms with Crippen molar-refractivity contribution in [3.8, 4) is 5.75 Å². The minimum atomic E-state index is -0.923. The molecule has 0 bridgehead atoms. The van der Waals surface area contributed by atoms with E-state index in [1.54, 1.807) is 27.7 Å². The molecule has 8 nitrogen and oxygen atoms in total. The molecule has 1 saturated heterocycles. The number of carbonyl (C=O) groups excluding carboxylic acids is 3. The minimum absolute atomic E-state index is 0.117. The highest BCUT2D eigenvalue weighted by atomic mass is 16.6. The molecule has 1 aromatic carbocycles. The molecule has 0 radical (unpaired) electrons. The maximum atomic E-state index is 12.3. The molecular weight excluding hydrogens is 354 g/mol. The van der Waals surface area contributed by atoms with Gasteiger partial charge >= 0.3 is 12.1 Å². The van der Waals surface area contributed by atoms with Crippen LogP contribution in [0.2, 0.25) is 0 Å². The van der Waals surface area contributed by atoms with E-state index in [4.69, 9.17) is 9.47 Å². The van der Waals surface area contributed by atoms with E-state index in [0.29, 0.717) is 18.7 Å². The van der Waals surface area contributed by atoms with Gasteiger partial charge in [0.15, 0.2) is 0 Å². The first-order valence-electron chi connectivity index (χ1n) is 8.78. The Morgan fingerprint density at radius 3 is 2.37 bits per heavy atom. The number of carbonyl (C=O) groups is 3. The Morgan fingerprint density at radius 1 is 1.19 bits per heavy atom. The molecule has 2 atom stereocenters. The second-order valence-corrected chi connectivity index (χ2v) is 7.11. The quantitative estimate of drug-likeness (QED) is 0.475. The van der Waals surface area contributed by atoms with E-state index in [2.05, 4.69) is 4.74 Å². The summed E-state index contributed by atoms with van der Waals surface area (Å²) in [6.07, 6.45) is -1.97. The summed E-state index contributed by atoms with van der Waals surface area (Å²) in [6.45, 7) is 7.31. The third kappa shape index (κ3) is 5.43. The molecular formula is C19H25NO7. The van der Waals surface area contributed by atoms with Crippen molar-refractivity contribution in [3.63, 3.8) is 0 Å². The van der Waals surface area contributed by atoms with Crippen LogP contribution in [-0.4, -0.2) is 58.9 Å². The molecule has 1 unspecified atom stereocenters. The van der Waals surface area contributed by atoms with E-state index >= 15 is 0 Å². The van der Waals surface area contributed by atoms with Crippen molar-refractivity contribution in [2.24, 2.45) is 0 Å². The summed E-state index contributed by atoms with van der Waals surface area (Å²) in [5.41, 5.74) is -0.499. The van der Waals surface area contributed by atoms with Crippen molar-refractivity contribution in [1.82, 2.24) is 4.90 Å². The zero-order chi connectivity index (χ0) is 20.2. The van der Waals surface area contributed by atoms with E-state index in [1.807, 2.05) is 0 Å². The fourth-order valence-electron chi connectivity index (χ4n) is 2.55. The maximum Gasteiger partial charge on any atom is 0.413 e. The molecule has 0 saturated carbocycles. The summed E-state index contributed by atoms with van der Waals surface area (Å²) in [5, 5.41) is 10.2. The number of likely N-dealkylation sites (tertiary alicyclic amines) is 1. The zero-order valence-corrected chi connectivity index (χ0v) is 15.9. The summed E-state index contributed by atoms with van der Waals surface area (Å²) < 4.78 is 15.7. The van der Waals surface area contributed by atoms with Gasteiger partial charge in [-0.25, -0.2) is 9.59 Å². The van der Waals surface area contributed by atoms with Crippen LogP contribution in [0.4, 0.5) is 4.79 Å². The van der Waals surface area contributed by atoms with Crippen molar-refractivity contribution in [2.45, 2.75) is 52.0 Å². The second-order valence-electron chi connectivity index (χ2n) is 7.11. The average Bonchev–Trinajstić information content (AvgIpc) is 2.94. The first kappa shape index (κ1) is 20.7. The largest absolute Gasteiger partial charge is 0.468 e. The van der Waals surface area contributed by atoms with Crippen LogP contribution in [0.1, 0.15) is 44.5 Å². The van der Waals surface area contributed by atoms with Crippen LogP contribution in [0.3, 0.4) is 0 Å². The normalized spacial score (nSPS) is 19.5. The number of Topliss-reactive ketones (excluding diaryl/α,β-unsaturated/α-hetero) is 1. The van der Waals surface area contributed by atoms with Gasteiger partial charge in [-0.1, -0.05) is 0 Å². The van der Waals surface area contributed by atoms with Gasteiger partial charge in [0.2, 0.25) is 6.23 Å². The van der Waals surface area contributed by atoms with Crippen molar-refractivity contribution in [2.75, 3.05) is 13.2 Å². The Labute approximate surface area is 158 Å². The predicted molar refractivity (Wildman–Crippen MR) is 95.4 cm³/mol. The Hall–Kier alpha value is -2.61. The maximum absolute atomic E-state index is 12.3. The number of hydrogen-bond donors (Lipinski definition) is 1. The number of ketones is 1. The number of benzene rings is 1. The number of hydrogen-bond acceptors (Lipinski definition) is 7. The lowest BCUT2D eigenvalue weighted by Crippen LogP contribution is -2.45. The van der Waals surface area contributed by atoms with Gasteiger partial charge in [0.05, 0.1) is 6.61 Å². The van der Waals surface area contributed by atoms with E-state index in [-0.39, 0.29) is 12.2 Å². The van der Waals surface area contributed by atoms with Crippen LogP contribution in [0.15, 0.2) is 24.3 Å². The van der Waals surface area contributed by atoms with Gasteiger partial charge in [-0.05, 0) is 58.4 Å². The van der Waals surface area contributed by atoms with E-state index in [0.717, 1.165) is 0 Å². The van der Waals surface area contributed by atoms with Gasteiger partial charge in [0, 0.05) is 12.1 Å². The van der Waals surface area contributed by atoms with Gasteiger partial charge < -0.3 is 19.3 Å². The number of rotatable bonds is 5. The van der Waals surface area contributed by atoms with Gasteiger partial charge in [-0.2, -0.15) is 0 Å². The Bertz CT molecular complexity index is 693. The third-order valence-corrected chi connectivity index (χ3v) is 3.76. The van der Waals surface area contributed by atoms with Crippen LogP contribution in [-0.2, 0) is 14.3 Å². The molecule has 1 aliphatic heterocycles. The van der Waals surface area contributed by atoms with Gasteiger partial charge in [0.25, 0.3) is 5.78 Å². The lowest BCUT2D eigenvalue weighted by Gasteiger charge is -2.29. The van der Waals surface area contributed by atoms with E-state index in [1.165, 1.54) is 29.2 Å². The van der Waals surface area contributed by atoms with Crippen molar-refractivity contribution in [1.29, 1.82) is 0 Å². The monoisotopic (exact) mass is 379 g/mol. The number of aliphatic hydroxyl groups excluding tert-OH is 1. The molecule has 1 aliphatic rings. The SMILES string of the molecule is CCOC(=O)C(=O)c1ccc(OC2[C@@H](O)CCN2C(=O)OC(C)(C)C)cc1. The second kappa shape index (κ2) is 8.39. The first-order chi connectivity index (χ1) is 12.6. The average molecular weight is 379 g/mol. The Morgan fingerprint density at radius 2 is 1.81 bits per heavy atom. The van der Waals surface area contributed by atoms with Crippen LogP contribution in [0.5, 0.6) is 5.75 Å². The minimum Gasteiger partial charge on any atom is -0.468 e. The van der Waals surface area contributed by atoms with Crippen molar-refractivity contribution in [3.05, 3.63) is 29.8 Å². The lowest BCUT2D eigenvalue weighted by molar-refractivity contribution is -0.137. The van der Waals surface area contributed by atoms with E-state index in [9.17, 15) is 19.5 Å². The number of amides is 1. The molecule has 1 N–H and O–H groups in total. The Kier molecular flexibility index (Phi) is 6.43. The molecule has 27 heavy (non-hydrogen) atoms. The zero-order valence-electron chi connectivity index (χ0n) is 15.9. The predicted octanol–water partition coefficient (Wildman–Crippen LogP) is 2.14. The van der Waals surface area contributed by atoms with E-state index < -0.39 is 35.8 Å². The fraction of sp³-hybridized carbons (Fsp3) is 0.526. The summed E-state index contributed by atoms with van der Waals surface area (Å²) in [4.78, 5) is 37.0. The molecule has 0 aliphatic carbocycles. The molecule has 0 aromatic heterocycles. The van der Waals surface area contributed by atoms with Crippen LogP contribution in [0, 0.1) is 0 Å². The lowest BCUT2D eigenvalue weighted by atomic mass is 10.1. The highest BCUT2D eigenvalue weighted by Gasteiger charge is 2.40. The van der Waals surface area contributed by atoms with Crippen molar-refractivity contribution >= 4 is 17.8 Å². The highest BCUT2D eigenvalue weighted by molar-refractivity contribution is 6.40. The Balaban J connectivity index is 2.07. The molecule has 0 spiro atoms. The molecule has 148 valence electrons. The number of esters is 1. The fourth-order valence-corrected chi connectivity index (χ4v) is 2.55. The molecule has 1 amide bonds. The summed E-state index contributed by atoms with van der Waals surface area (Å²) in [5.74, 6) is -1.33. The van der Waals surface area contributed by atoms with Crippen LogP contribution >= 0.6 is 0 Å². The number of ether oxygens (including phenoxy) is 3. The topological polar surface area (TPSA) is 102 Å². The van der Waals surface area contributed by atoms with Gasteiger partial charge in [0.1, 0.15) is 17.5 Å². The highest BCUT2D eigenvalue weighted by Crippen LogP contribution is 2.25. The van der Waals surface area contributed by atoms with Crippen LogP contribution in [0.25, 0.3) is 0 Å². The van der Waals surface area contributed by atoms with Gasteiger partial charge in [-0.3, -0.25) is 9.69 Å². The third-order valence-electron chi connectivity index (χ3n) is 3.76. The summed E-state index contributed by atoms with van der Waals surface area (Å²) in [6, 6.07) is 5.83. The molecule has 2 rings (SSSR count). The molecule has 1 heterocycles. The summed E-state index contributed by atoms with van der Waals surface area (Å²) >= 11 is 0. The number of nitrogens with zero attached hydrogens (tertiary/aromatic N) is 1.